The van der Waals surface area contributed by atoms with Crippen molar-refractivity contribution in [1.29, 1.82) is 0 Å². The van der Waals surface area contributed by atoms with Crippen LogP contribution in [0.5, 0.6) is 0 Å². The lowest BCUT2D eigenvalue weighted by Gasteiger charge is -2.38. The van der Waals surface area contributed by atoms with E-state index in [0.29, 0.717) is 19.1 Å². The van der Waals surface area contributed by atoms with E-state index in [0.717, 1.165) is 31.6 Å². The van der Waals surface area contributed by atoms with Crippen molar-refractivity contribution in [2.45, 2.75) is 18.9 Å². The molecule has 6 nitrogen and oxygen atoms in total. The number of aliphatic carboxylic acids is 1. The number of hydrogen-bond acceptors (Lipinski definition) is 4. The lowest BCUT2D eigenvalue weighted by Crippen LogP contribution is -2.47. The highest BCUT2D eigenvalue weighted by Gasteiger charge is 2.60. The molecule has 3 fully saturated rings. The topological polar surface area (TPSA) is 72.9 Å². The first-order valence-electron chi connectivity index (χ1n) is 8.75. The van der Waals surface area contributed by atoms with Crippen molar-refractivity contribution in [2.24, 2.45) is 11.3 Å². The van der Waals surface area contributed by atoms with Crippen LogP contribution in [-0.4, -0.2) is 60.6 Å². The molecule has 1 amide bonds. The van der Waals surface area contributed by atoms with Crippen LogP contribution >= 0.6 is 0 Å². The van der Waals surface area contributed by atoms with Gasteiger partial charge in [-0.05, 0) is 37.1 Å². The molecule has 134 valence electrons. The molecule has 1 aromatic rings. The quantitative estimate of drug-likeness (QED) is 0.851. The van der Waals surface area contributed by atoms with Crippen molar-refractivity contribution in [1.82, 2.24) is 10.2 Å². The van der Waals surface area contributed by atoms with E-state index in [9.17, 15) is 19.1 Å². The van der Waals surface area contributed by atoms with Crippen LogP contribution in [0.3, 0.4) is 0 Å². The van der Waals surface area contributed by atoms with Gasteiger partial charge in [0, 0.05) is 44.5 Å². The van der Waals surface area contributed by atoms with E-state index in [4.69, 9.17) is 0 Å². The van der Waals surface area contributed by atoms with E-state index in [1.165, 1.54) is 12.1 Å². The number of hydrogen-bond donors (Lipinski definition) is 2. The number of carbonyl (C=O) groups is 2. The third-order valence-corrected chi connectivity index (χ3v) is 6.06. The summed E-state index contributed by atoms with van der Waals surface area (Å²) in [4.78, 5) is 28.2. The number of likely N-dealkylation sites (tertiary alicyclic amines) is 1. The summed E-state index contributed by atoms with van der Waals surface area (Å²) in [5, 5.41) is 12.4. The summed E-state index contributed by atoms with van der Waals surface area (Å²) < 4.78 is 13.1. The van der Waals surface area contributed by atoms with Crippen LogP contribution in [-0.2, 0) is 9.59 Å². The lowest BCUT2D eigenvalue weighted by atomic mass is 9.81. The second-order valence-corrected chi connectivity index (χ2v) is 7.36. The van der Waals surface area contributed by atoms with Gasteiger partial charge in [0.2, 0.25) is 5.91 Å². The first-order valence-corrected chi connectivity index (χ1v) is 8.75. The van der Waals surface area contributed by atoms with Crippen LogP contribution in [0.1, 0.15) is 12.8 Å². The van der Waals surface area contributed by atoms with Crippen molar-refractivity contribution in [3.8, 4) is 0 Å². The fraction of sp³-hybridized carbons (Fsp3) is 0.556. The van der Waals surface area contributed by atoms with Crippen LogP contribution < -0.4 is 10.2 Å². The predicted octanol–water partition coefficient (Wildman–Crippen LogP) is 0.927. The molecule has 0 spiro atoms. The molecule has 0 aromatic heterocycles. The number of piperidine rings is 1. The largest absolute Gasteiger partial charge is 0.481 e. The molecule has 3 saturated heterocycles. The maximum atomic E-state index is 13.1. The Morgan fingerprint density at radius 1 is 1.24 bits per heavy atom. The average molecular weight is 347 g/mol. The maximum absolute atomic E-state index is 13.1. The number of carboxylic acids is 1. The lowest BCUT2D eigenvalue weighted by molar-refractivity contribution is -0.149. The zero-order valence-electron chi connectivity index (χ0n) is 13.9. The van der Waals surface area contributed by atoms with E-state index >= 15 is 0 Å². The zero-order valence-corrected chi connectivity index (χ0v) is 13.9. The van der Waals surface area contributed by atoms with Gasteiger partial charge in [0.05, 0.1) is 5.92 Å². The highest BCUT2D eigenvalue weighted by atomic mass is 19.1. The predicted molar refractivity (Wildman–Crippen MR) is 89.8 cm³/mol. The molecule has 0 bridgehead atoms. The summed E-state index contributed by atoms with van der Waals surface area (Å²) in [5.41, 5.74) is 0.0464. The normalized spacial score (nSPS) is 30.4. The van der Waals surface area contributed by atoms with Crippen molar-refractivity contribution < 1.29 is 19.1 Å². The first kappa shape index (κ1) is 16.3. The monoisotopic (exact) mass is 347 g/mol. The molecule has 25 heavy (non-hydrogen) atoms. The molecule has 2 N–H and O–H groups in total. The number of amides is 1. The number of halogens is 1. The van der Waals surface area contributed by atoms with E-state index in [-0.39, 0.29) is 18.3 Å². The Hall–Kier alpha value is -2.15. The molecule has 7 heteroatoms. The average Bonchev–Trinajstić information content (AvgIpc) is 3.15. The summed E-state index contributed by atoms with van der Waals surface area (Å²) in [6, 6.07) is 6.82. The highest BCUT2D eigenvalue weighted by molar-refractivity contribution is 5.92. The molecule has 3 aliphatic rings. The SMILES string of the molecule is O=C1NC[C@]2(C(=O)O)CN(C3CCN(c4ccc(F)cc4)CC3)C[C@H]12. The van der Waals surface area contributed by atoms with Gasteiger partial charge in [0.25, 0.3) is 0 Å². The number of rotatable bonds is 3. The van der Waals surface area contributed by atoms with Gasteiger partial charge in [-0.15, -0.1) is 0 Å². The number of carbonyl (C=O) groups excluding carboxylic acids is 1. The third-order valence-electron chi connectivity index (χ3n) is 6.06. The van der Waals surface area contributed by atoms with Crippen molar-refractivity contribution in [3.05, 3.63) is 30.1 Å². The van der Waals surface area contributed by atoms with Gasteiger partial charge in [-0.25, -0.2) is 4.39 Å². The Labute approximate surface area is 145 Å². The molecular formula is C18H22FN3O3. The summed E-state index contributed by atoms with van der Waals surface area (Å²) in [6.07, 6.45) is 1.84. The number of carboxylic acid groups (broad SMARTS) is 1. The van der Waals surface area contributed by atoms with E-state index in [1.807, 2.05) is 0 Å². The molecule has 0 aliphatic carbocycles. The van der Waals surface area contributed by atoms with Gasteiger partial charge in [0.1, 0.15) is 11.2 Å². The van der Waals surface area contributed by atoms with E-state index in [1.54, 1.807) is 12.1 Å². The fourth-order valence-corrected chi connectivity index (χ4v) is 4.54. The van der Waals surface area contributed by atoms with Gasteiger partial charge in [0.15, 0.2) is 0 Å². The first-order chi connectivity index (χ1) is 12.0. The van der Waals surface area contributed by atoms with Crippen LogP contribution in [0.4, 0.5) is 10.1 Å². The zero-order chi connectivity index (χ0) is 17.6. The third kappa shape index (κ3) is 2.66. The molecule has 0 unspecified atom stereocenters. The summed E-state index contributed by atoms with van der Waals surface area (Å²) in [5.74, 6) is -1.68. The molecule has 2 atom stereocenters. The van der Waals surface area contributed by atoms with Crippen LogP contribution in [0.15, 0.2) is 24.3 Å². The molecule has 1 aromatic carbocycles. The number of fused-ring (bicyclic) bond motifs is 1. The Balaban J connectivity index is 1.41. The van der Waals surface area contributed by atoms with Crippen LogP contribution in [0, 0.1) is 17.2 Å². The molecule has 3 aliphatic heterocycles. The Kier molecular flexibility index (Phi) is 3.91. The summed E-state index contributed by atoms with van der Waals surface area (Å²) >= 11 is 0. The van der Waals surface area contributed by atoms with Gasteiger partial charge in [-0.2, -0.15) is 0 Å². The highest BCUT2D eigenvalue weighted by Crippen LogP contribution is 2.42. The Morgan fingerprint density at radius 2 is 1.92 bits per heavy atom. The van der Waals surface area contributed by atoms with Crippen molar-refractivity contribution >= 4 is 17.6 Å². The summed E-state index contributed by atoms with van der Waals surface area (Å²) in [7, 11) is 0. The maximum Gasteiger partial charge on any atom is 0.313 e. The number of nitrogens with one attached hydrogen (secondary N) is 1. The van der Waals surface area contributed by atoms with Gasteiger partial charge >= 0.3 is 5.97 Å². The number of anilines is 1. The molecular weight excluding hydrogens is 325 g/mol. The van der Waals surface area contributed by atoms with Gasteiger partial charge in [-0.3, -0.25) is 14.5 Å². The number of benzene rings is 1. The Bertz CT molecular complexity index is 687. The molecule has 4 rings (SSSR count). The minimum atomic E-state index is -0.967. The minimum absolute atomic E-state index is 0.131. The van der Waals surface area contributed by atoms with Crippen molar-refractivity contribution in [2.75, 3.05) is 37.6 Å². The summed E-state index contributed by atoms with van der Waals surface area (Å²) in [6.45, 7) is 2.90. The molecule has 0 saturated carbocycles. The minimum Gasteiger partial charge on any atom is -0.481 e. The van der Waals surface area contributed by atoms with Gasteiger partial charge in [-0.1, -0.05) is 0 Å². The Morgan fingerprint density at radius 3 is 2.52 bits per heavy atom. The van der Waals surface area contributed by atoms with Crippen LogP contribution in [0.2, 0.25) is 0 Å². The van der Waals surface area contributed by atoms with Crippen LogP contribution in [0.25, 0.3) is 0 Å². The van der Waals surface area contributed by atoms with Gasteiger partial charge < -0.3 is 15.3 Å². The smallest absolute Gasteiger partial charge is 0.313 e. The molecule has 3 heterocycles. The second kappa shape index (κ2) is 5.98. The fourth-order valence-electron chi connectivity index (χ4n) is 4.54. The van der Waals surface area contributed by atoms with E-state index < -0.39 is 17.3 Å². The number of nitrogens with zero attached hydrogens (tertiary/aromatic N) is 2. The molecule has 0 radical (unpaired) electrons. The van der Waals surface area contributed by atoms with E-state index in [2.05, 4.69) is 15.1 Å². The standard InChI is InChI=1S/C18H22FN3O3/c19-12-1-3-13(4-2-12)21-7-5-14(6-8-21)22-9-15-16(23)20-10-18(15,11-22)17(24)25/h1-4,14-15H,5-11H2,(H,20,23)(H,24,25)/t15-,18+/m1/s1. The second-order valence-electron chi connectivity index (χ2n) is 7.36. The van der Waals surface area contributed by atoms with Crippen molar-refractivity contribution in [3.63, 3.8) is 0 Å².